The normalized spacial score (nSPS) is 17.3. The summed E-state index contributed by atoms with van der Waals surface area (Å²) in [5.41, 5.74) is 6.86. The van der Waals surface area contributed by atoms with Crippen LogP contribution in [-0.2, 0) is 4.79 Å². The molecule has 0 bridgehead atoms. The SMILES string of the molecule is Cc1ccc(Cl)cc1NC(=O)C1(N)CC1. The third kappa shape index (κ3) is 2.13. The molecule has 1 aliphatic rings. The number of nitrogens with two attached hydrogens (primary N) is 1. The van der Waals surface area contributed by atoms with Crippen LogP contribution in [0.3, 0.4) is 0 Å². The van der Waals surface area contributed by atoms with Gasteiger partial charge < -0.3 is 11.1 Å². The lowest BCUT2D eigenvalue weighted by molar-refractivity contribution is -0.118. The van der Waals surface area contributed by atoms with Crippen LogP contribution in [0, 0.1) is 6.92 Å². The summed E-state index contributed by atoms with van der Waals surface area (Å²) in [7, 11) is 0. The number of carbonyl (C=O) groups excluding carboxylic acids is 1. The molecule has 3 nitrogen and oxygen atoms in total. The van der Waals surface area contributed by atoms with Gasteiger partial charge in [0, 0.05) is 10.7 Å². The van der Waals surface area contributed by atoms with Gasteiger partial charge in [-0.25, -0.2) is 0 Å². The fourth-order valence-electron chi connectivity index (χ4n) is 1.34. The lowest BCUT2D eigenvalue weighted by Gasteiger charge is -2.12. The lowest BCUT2D eigenvalue weighted by Crippen LogP contribution is -2.37. The number of amides is 1. The van der Waals surface area contributed by atoms with E-state index in [1.54, 1.807) is 12.1 Å². The van der Waals surface area contributed by atoms with Crippen LogP contribution in [0.5, 0.6) is 0 Å². The minimum Gasteiger partial charge on any atom is -0.324 e. The second kappa shape index (κ2) is 3.51. The van der Waals surface area contributed by atoms with Gasteiger partial charge >= 0.3 is 0 Å². The Hall–Kier alpha value is -1.06. The number of anilines is 1. The summed E-state index contributed by atoms with van der Waals surface area (Å²) in [5, 5.41) is 3.41. The summed E-state index contributed by atoms with van der Waals surface area (Å²) in [6.45, 7) is 1.92. The van der Waals surface area contributed by atoms with Crippen molar-refractivity contribution in [1.29, 1.82) is 0 Å². The first-order valence-electron chi connectivity index (χ1n) is 4.88. The highest BCUT2D eigenvalue weighted by atomic mass is 35.5. The Morgan fingerprint density at radius 2 is 2.20 bits per heavy atom. The molecule has 2 rings (SSSR count). The molecule has 0 aliphatic heterocycles. The molecule has 0 heterocycles. The van der Waals surface area contributed by atoms with Gasteiger partial charge in [0.1, 0.15) is 0 Å². The fourth-order valence-corrected chi connectivity index (χ4v) is 1.51. The number of rotatable bonds is 2. The lowest BCUT2D eigenvalue weighted by atomic mass is 10.2. The van der Waals surface area contributed by atoms with Crippen LogP contribution in [0.25, 0.3) is 0 Å². The number of nitrogens with one attached hydrogen (secondary N) is 1. The second-order valence-electron chi connectivity index (χ2n) is 4.07. The zero-order chi connectivity index (χ0) is 11.1. The maximum Gasteiger partial charge on any atom is 0.244 e. The van der Waals surface area contributed by atoms with Crippen LogP contribution in [0.2, 0.25) is 5.02 Å². The van der Waals surface area contributed by atoms with Gasteiger partial charge in [0.2, 0.25) is 5.91 Å². The number of aryl methyl sites for hydroxylation is 1. The van der Waals surface area contributed by atoms with Crippen LogP contribution in [0.4, 0.5) is 5.69 Å². The molecule has 1 aromatic rings. The van der Waals surface area contributed by atoms with Gasteiger partial charge in [0.05, 0.1) is 5.54 Å². The van der Waals surface area contributed by atoms with E-state index < -0.39 is 5.54 Å². The number of hydrogen-bond donors (Lipinski definition) is 2. The molecule has 0 spiro atoms. The highest BCUT2D eigenvalue weighted by molar-refractivity contribution is 6.31. The van der Waals surface area contributed by atoms with E-state index in [0.29, 0.717) is 5.02 Å². The number of hydrogen-bond acceptors (Lipinski definition) is 2. The van der Waals surface area contributed by atoms with Crippen molar-refractivity contribution >= 4 is 23.2 Å². The standard InChI is InChI=1S/C11H13ClN2O/c1-7-2-3-8(12)6-9(7)14-10(15)11(13)4-5-11/h2-3,6H,4-5,13H2,1H3,(H,14,15). The van der Waals surface area contributed by atoms with Crippen molar-refractivity contribution in [2.45, 2.75) is 25.3 Å². The Labute approximate surface area is 93.6 Å². The van der Waals surface area contributed by atoms with Crippen LogP contribution < -0.4 is 11.1 Å². The zero-order valence-corrected chi connectivity index (χ0v) is 9.27. The van der Waals surface area contributed by atoms with Crippen LogP contribution in [0.1, 0.15) is 18.4 Å². The number of benzene rings is 1. The minimum absolute atomic E-state index is 0.118. The minimum atomic E-state index is -0.644. The van der Waals surface area contributed by atoms with Crippen LogP contribution >= 0.6 is 11.6 Å². The molecular weight excluding hydrogens is 212 g/mol. The van der Waals surface area contributed by atoms with Crippen molar-refractivity contribution in [3.8, 4) is 0 Å². The van der Waals surface area contributed by atoms with Gasteiger partial charge in [-0.1, -0.05) is 17.7 Å². The van der Waals surface area contributed by atoms with Crippen molar-refractivity contribution < 1.29 is 4.79 Å². The zero-order valence-electron chi connectivity index (χ0n) is 8.51. The first-order valence-corrected chi connectivity index (χ1v) is 5.25. The third-order valence-electron chi connectivity index (χ3n) is 2.69. The average Bonchev–Trinajstić information content (AvgIpc) is 2.91. The average molecular weight is 225 g/mol. The van der Waals surface area contributed by atoms with E-state index in [4.69, 9.17) is 17.3 Å². The van der Waals surface area contributed by atoms with E-state index in [9.17, 15) is 4.79 Å². The summed E-state index contributed by atoms with van der Waals surface area (Å²) in [6, 6.07) is 5.40. The molecule has 3 N–H and O–H groups in total. The smallest absolute Gasteiger partial charge is 0.244 e. The summed E-state index contributed by atoms with van der Waals surface area (Å²) in [4.78, 5) is 11.7. The van der Waals surface area contributed by atoms with Gasteiger partial charge in [0.25, 0.3) is 0 Å². The molecule has 0 atom stereocenters. The second-order valence-corrected chi connectivity index (χ2v) is 4.51. The van der Waals surface area contributed by atoms with E-state index in [1.165, 1.54) is 0 Å². The van der Waals surface area contributed by atoms with Crippen LogP contribution in [0.15, 0.2) is 18.2 Å². The highest BCUT2D eigenvalue weighted by Gasteiger charge is 2.46. The Balaban J connectivity index is 2.16. The number of halogens is 1. The maximum atomic E-state index is 11.7. The van der Waals surface area contributed by atoms with Crippen LogP contribution in [-0.4, -0.2) is 11.4 Å². The van der Waals surface area contributed by atoms with Gasteiger partial charge in [-0.2, -0.15) is 0 Å². The van der Waals surface area contributed by atoms with E-state index >= 15 is 0 Å². The molecule has 4 heteroatoms. The molecule has 1 aromatic carbocycles. The van der Waals surface area contributed by atoms with Crippen molar-refractivity contribution in [2.75, 3.05) is 5.32 Å². The molecule has 0 unspecified atom stereocenters. The Kier molecular flexibility index (Phi) is 2.44. The summed E-state index contributed by atoms with van der Waals surface area (Å²) < 4.78 is 0. The first kappa shape index (κ1) is 10.5. The quantitative estimate of drug-likeness (QED) is 0.808. The first-order chi connectivity index (χ1) is 7.01. The molecular formula is C11H13ClN2O. The van der Waals surface area contributed by atoms with Gasteiger partial charge in [0.15, 0.2) is 0 Å². The molecule has 0 aromatic heterocycles. The molecule has 1 fully saturated rings. The van der Waals surface area contributed by atoms with E-state index in [-0.39, 0.29) is 5.91 Å². The molecule has 1 saturated carbocycles. The Bertz CT molecular complexity index is 413. The van der Waals surface area contributed by atoms with Crippen molar-refractivity contribution in [3.05, 3.63) is 28.8 Å². The van der Waals surface area contributed by atoms with Crippen molar-refractivity contribution in [3.63, 3.8) is 0 Å². The molecule has 1 aliphatic carbocycles. The molecule has 80 valence electrons. The Morgan fingerprint density at radius 1 is 1.53 bits per heavy atom. The fraction of sp³-hybridized carbons (Fsp3) is 0.364. The molecule has 1 amide bonds. The van der Waals surface area contributed by atoms with Gasteiger partial charge in [-0.3, -0.25) is 4.79 Å². The summed E-state index contributed by atoms with van der Waals surface area (Å²) in [5.74, 6) is -0.118. The molecule has 0 saturated heterocycles. The summed E-state index contributed by atoms with van der Waals surface area (Å²) >= 11 is 5.85. The monoisotopic (exact) mass is 224 g/mol. The third-order valence-corrected chi connectivity index (χ3v) is 2.92. The molecule has 15 heavy (non-hydrogen) atoms. The Morgan fingerprint density at radius 3 is 2.80 bits per heavy atom. The van der Waals surface area contributed by atoms with E-state index in [1.807, 2.05) is 13.0 Å². The highest BCUT2D eigenvalue weighted by Crippen LogP contribution is 2.33. The number of carbonyl (C=O) groups is 1. The van der Waals surface area contributed by atoms with E-state index in [0.717, 1.165) is 24.1 Å². The topological polar surface area (TPSA) is 55.1 Å². The van der Waals surface area contributed by atoms with Crippen molar-refractivity contribution in [2.24, 2.45) is 5.73 Å². The van der Waals surface area contributed by atoms with Crippen molar-refractivity contribution in [1.82, 2.24) is 0 Å². The van der Waals surface area contributed by atoms with E-state index in [2.05, 4.69) is 5.32 Å². The van der Waals surface area contributed by atoms with Gasteiger partial charge in [-0.05, 0) is 37.5 Å². The molecule has 0 radical (unpaired) electrons. The largest absolute Gasteiger partial charge is 0.324 e. The van der Waals surface area contributed by atoms with Gasteiger partial charge in [-0.15, -0.1) is 0 Å². The summed E-state index contributed by atoms with van der Waals surface area (Å²) in [6.07, 6.45) is 1.52. The maximum absolute atomic E-state index is 11.7. The predicted octanol–water partition coefficient (Wildman–Crippen LogP) is 2.08. The predicted molar refractivity (Wildman–Crippen MR) is 61.0 cm³/mol.